The predicted octanol–water partition coefficient (Wildman–Crippen LogP) is 3.03. The van der Waals surface area contributed by atoms with E-state index in [9.17, 15) is 13.2 Å². The summed E-state index contributed by atoms with van der Waals surface area (Å²) in [5.41, 5.74) is 7.17. The molecule has 2 bridgehead atoms. The van der Waals surface area contributed by atoms with E-state index in [1.54, 1.807) is 13.2 Å². The Kier molecular flexibility index (Phi) is 4.76. The van der Waals surface area contributed by atoms with E-state index in [-0.39, 0.29) is 16.9 Å². The molecule has 3 aromatic rings. The summed E-state index contributed by atoms with van der Waals surface area (Å²) in [5, 5.41) is 7.59. The van der Waals surface area contributed by atoms with Gasteiger partial charge in [-0.05, 0) is 38.1 Å². The zero-order chi connectivity index (χ0) is 21.8. The molecule has 3 aromatic heterocycles. The highest BCUT2D eigenvalue weighted by Crippen LogP contribution is 2.66. The van der Waals surface area contributed by atoms with Gasteiger partial charge in [0.15, 0.2) is 23.1 Å². The van der Waals surface area contributed by atoms with E-state index in [4.69, 9.17) is 15.6 Å². The second-order valence-electron chi connectivity index (χ2n) is 8.51. The molecule has 1 atom stereocenters. The fraction of sp³-hybridized carbons (Fsp3) is 0.476. The van der Waals surface area contributed by atoms with Gasteiger partial charge in [-0.25, -0.2) is 27.7 Å². The number of halogens is 3. The quantitative estimate of drug-likeness (QED) is 0.661. The number of fused-ring (bicyclic) bond motifs is 1. The van der Waals surface area contributed by atoms with E-state index in [1.165, 1.54) is 10.7 Å². The maximum absolute atomic E-state index is 14.2. The number of nitrogens with two attached hydrogens (primary N) is 1. The Labute approximate surface area is 176 Å². The third kappa shape index (κ3) is 3.29. The molecular formula is C21H23F3N6O. The molecule has 1 saturated heterocycles. The Bertz CT molecular complexity index is 1130. The Morgan fingerprint density at radius 1 is 1.23 bits per heavy atom. The first-order valence-corrected chi connectivity index (χ1v) is 10.3. The van der Waals surface area contributed by atoms with Crippen molar-refractivity contribution in [2.45, 2.75) is 37.3 Å². The minimum absolute atomic E-state index is 0.0551. The van der Waals surface area contributed by atoms with Gasteiger partial charge in [0, 0.05) is 24.1 Å². The van der Waals surface area contributed by atoms with Gasteiger partial charge in [-0.1, -0.05) is 0 Å². The van der Waals surface area contributed by atoms with Crippen molar-refractivity contribution in [3.05, 3.63) is 35.7 Å². The molecule has 0 aromatic carbocycles. The molecule has 3 aliphatic carbocycles. The van der Waals surface area contributed by atoms with Gasteiger partial charge in [-0.3, -0.25) is 0 Å². The zero-order valence-electron chi connectivity index (χ0n) is 17.0. The fourth-order valence-electron chi connectivity index (χ4n) is 4.63. The molecule has 10 heteroatoms. The Balaban J connectivity index is 0.000000296. The lowest BCUT2D eigenvalue weighted by molar-refractivity contribution is -0.0333. The van der Waals surface area contributed by atoms with Crippen LogP contribution in [0.3, 0.4) is 0 Å². The smallest absolute Gasteiger partial charge is 0.168 e. The Morgan fingerprint density at radius 3 is 2.55 bits per heavy atom. The molecule has 3 N–H and O–H groups in total. The Morgan fingerprint density at radius 2 is 2.00 bits per heavy atom. The van der Waals surface area contributed by atoms with Crippen LogP contribution in [-0.4, -0.2) is 46.0 Å². The largest absolute Gasteiger partial charge is 0.495 e. The van der Waals surface area contributed by atoms with Crippen LogP contribution in [0, 0.1) is 17.6 Å². The predicted molar refractivity (Wildman–Crippen MR) is 109 cm³/mol. The number of hydrogen-bond acceptors (Lipinski definition) is 6. The van der Waals surface area contributed by atoms with Crippen LogP contribution in [-0.2, 0) is 5.41 Å². The van der Waals surface area contributed by atoms with Gasteiger partial charge in [0.05, 0.1) is 13.3 Å². The van der Waals surface area contributed by atoms with Crippen LogP contribution < -0.4 is 15.8 Å². The molecule has 3 saturated carbocycles. The number of pyridine rings is 1. The maximum atomic E-state index is 14.2. The van der Waals surface area contributed by atoms with E-state index in [0.29, 0.717) is 30.1 Å². The lowest BCUT2D eigenvalue weighted by Gasteiger charge is -2.61. The van der Waals surface area contributed by atoms with Crippen LogP contribution in [0.25, 0.3) is 17.0 Å². The van der Waals surface area contributed by atoms with Gasteiger partial charge in [-0.15, -0.1) is 0 Å². The number of ether oxygens (including phenoxy) is 1. The van der Waals surface area contributed by atoms with Crippen molar-refractivity contribution in [1.29, 1.82) is 0 Å². The molecular weight excluding hydrogens is 409 g/mol. The summed E-state index contributed by atoms with van der Waals surface area (Å²) in [6, 6.07) is 2.51. The van der Waals surface area contributed by atoms with Gasteiger partial charge in [0.1, 0.15) is 29.0 Å². The monoisotopic (exact) mass is 432 g/mol. The highest BCUT2D eigenvalue weighted by molar-refractivity contribution is 5.63. The van der Waals surface area contributed by atoms with E-state index in [1.807, 2.05) is 0 Å². The van der Waals surface area contributed by atoms with Crippen molar-refractivity contribution >= 4 is 11.5 Å². The topological polar surface area (TPSA) is 90.4 Å². The van der Waals surface area contributed by atoms with Gasteiger partial charge < -0.3 is 15.8 Å². The van der Waals surface area contributed by atoms with E-state index >= 15 is 0 Å². The van der Waals surface area contributed by atoms with Crippen molar-refractivity contribution in [3.63, 3.8) is 0 Å². The normalized spacial score (nSPS) is 26.1. The minimum Gasteiger partial charge on any atom is -0.495 e. The number of aromatic nitrogens is 4. The van der Waals surface area contributed by atoms with Crippen molar-refractivity contribution in [2.75, 3.05) is 25.9 Å². The average molecular weight is 432 g/mol. The summed E-state index contributed by atoms with van der Waals surface area (Å²) in [5.74, 6) is -0.590. The molecule has 164 valence electrons. The van der Waals surface area contributed by atoms with Crippen molar-refractivity contribution in [3.8, 4) is 17.1 Å². The summed E-state index contributed by atoms with van der Waals surface area (Å²) < 4.78 is 46.5. The number of methoxy groups -OCH3 is 1. The third-order valence-electron chi connectivity index (χ3n) is 6.42. The van der Waals surface area contributed by atoms with E-state index in [2.05, 4.69) is 15.3 Å². The van der Waals surface area contributed by atoms with Crippen LogP contribution in [0.4, 0.5) is 19.0 Å². The van der Waals surface area contributed by atoms with Gasteiger partial charge in [-0.2, -0.15) is 5.10 Å². The highest BCUT2D eigenvalue weighted by atomic mass is 19.1. The molecule has 4 aliphatic rings. The number of imidazole rings is 1. The fourth-order valence-corrected chi connectivity index (χ4v) is 4.63. The van der Waals surface area contributed by atoms with E-state index < -0.39 is 17.8 Å². The minimum atomic E-state index is -0.890. The van der Waals surface area contributed by atoms with E-state index in [0.717, 1.165) is 43.5 Å². The first kappa shape index (κ1) is 20.0. The van der Waals surface area contributed by atoms with Gasteiger partial charge >= 0.3 is 0 Å². The molecule has 4 fully saturated rings. The molecule has 7 rings (SSSR count). The first-order valence-electron chi connectivity index (χ1n) is 10.3. The van der Waals surface area contributed by atoms with Crippen LogP contribution in [0.5, 0.6) is 5.75 Å². The summed E-state index contributed by atoms with van der Waals surface area (Å²) >= 11 is 0. The Hall–Kier alpha value is -2.88. The summed E-state index contributed by atoms with van der Waals surface area (Å²) in [7, 11) is 1.61. The van der Waals surface area contributed by atoms with Crippen molar-refractivity contribution < 1.29 is 17.9 Å². The highest BCUT2D eigenvalue weighted by Gasteiger charge is 2.59. The van der Waals surface area contributed by atoms with Gasteiger partial charge in [0.25, 0.3) is 0 Å². The molecule has 7 nitrogen and oxygen atoms in total. The average Bonchev–Trinajstić information content (AvgIpc) is 3.31. The van der Waals surface area contributed by atoms with Gasteiger partial charge in [0.2, 0.25) is 0 Å². The van der Waals surface area contributed by atoms with Crippen LogP contribution >= 0.6 is 0 Å². The molecule has 4 heterocycles. The summed E-state index contributed by atoms with van der Waals surface area (Å²) in [4.78, 5) is 8.09. The lowest BCUT2D eigenvalue weighted by atomic mass is 9.43. The number of alkyl halides is 1. The number of hydrogen-bond donors (Lipinski definition) is 2. The molecule has 1 aliphatic heterocycles. The van der Waals surface area contributed by atoms with Crippen molar-refractivity contribution in [1.82, 2.24) is 24.9 Å². The van der Waals surface area contributed by atoms with Crippen LogP contribution in [0.2, 0.25) is 0 Å². The molecule has 0 amide bonds. The molecule has 1 unspecified atom stereocenters. The summed E-state index contributed by atoms with van der Waals surface area (Å²) in [6.45, 7) is 1.43. The molecule has 0 radical (unpaired) electrons. The molecule has 0 spiro atoms. The SMILES string of the molecule is COc1cc2ncc(-c3nc(N)c(F)cc3F)n2nc1C12CC(C1)C2.FC1CCNC1. The maximum Gasteiger partial charge on any atom is 0.168 e. The zero-order valence-corrected chi connectivity index (χ0v) is 17.0. The third-order valence-corrected chi connectivity index (χ3v) is 6.42. The standard InChI is InChI=1S/C17H15F2N5O.C4H8FN/c1-25-12-3-13-21-7-11(14-9(18)2-10(19)16(20)22-14)24(13)23-15(12)17-4-8(5-17)6-17;5-4-1-2-6-3-4/h2-3,7-8H,4-6H2,1H3,(H2,20,22);4,6H,1-3H2. The molecule has 31 heavy (non-hydrogen) atoms. The number of anilines is 1. The van der Waals surface area contributed by atoms with Crippen LogP contribution in [0.1, 0.15) is 31.4 Å². The first-order chi connectivity index (χ1) is 14.9. The van der Waals surface area contributed by atoms with Crippen molar-refractivity contribution in [2.24, 2.45) is 5.92 Å². The van der Waals surface area contributed by atoms with Crippen LogP contribution in [0.15, 0.2) is 18.3 Å². The number of rotatable bonds is 3. The lowest BCUT2D eigenvalue weighted by Crippen LogP contribution is -2.56. The number of nitrogen functional groups attached to an aromatic ring is 1. The summed E-state index contributed by atoms with van der Waals surface area (Å²) in [6.07, 6.45) is 4.90. The number of nitrogens with zero attached hydrogens (tertiary/aromatic N) is 4. The second-order valence-corrected chi connectivity index (χ2v) is 8.51. The number of nitrogens with one attached hydrogen (secondary N) is 1. The second kappa shape index (κ2) is 7.37.